The van der Waals surface area contributed by atoms with E-state index in [2.05, 4.69) is 4.98 Å². The molecule has 0 saturated heterocycles. The number of carbonyl (C=O) groups excluding carboxylic acids is 1. The Kier molecular flexibility index (Phi) is 4.27. The van der Waals surface area contributed by atoms with Crippen molar-refractivity contribution in [1.29, 1.82) is 0 Å². The van der Waals surface area contributed by atoms with Gasteiger partial charge in [0.15, 0.2) is 0 Å². The highest BCUT2D eigenvalue weighted by atomic mass is 16.5. The second-order valence-electron chi connectivity index (χ2n) is 6.33. The molecule has 2 aromatic carbocycles. The zero-order valence-corrected chi connectivity index (χ0v) is 15.1. The number of phenolic OH excluding ortho intramolecular Hbond substituents is 1. The van der Waals surface area contributed by atoms with E-state index in [9.17, 15) is 14.7 Å². The van der Waals surface area contributed by atoms with E-state index in [4.69, 9.17) is 15.2 Å². The van der Waals surface area contributed by atoms with Gasteiger partial charge in [0.05, 0.1) is 23.6 Å². The molecular weight excluding hydrogens is 360 g/mol. The summed E-state index contributed by atoms with van der Waals surface area (Å²) in [6.07, 6.45) is 0. The van der Waals surface area contributed by atoms with Gasteiger partial charge in [-0.15, -0.1) is 0 Å². The highest BCUT2D eigenvalue weighted by Gasteiger charge is 2.39. The number of fused-ring (bicyclic) bond motifs is 3. The average molecular weight is 378 g/mol. The molecule has 1 atom stereocenters. The van der Waals surface area contributed by atoms with Gasteiger partial charge >= 0.3 is 5.97 Å². The zero-order valence-electron chi connectivity index (χ0n) is 15.1. The number of hydrogen-bond acceptors (Lipinski definition) is 6. The number of para-hydroxylation sites is 2. The molecule has 4 N–H and O–H groups in total. The van der Waals surface area contributed by atoms with Crippen LogP contribution in [-0.4, -0.2) is 22.7 Å². The highest BCUT2D eigenvalue weighted by Crippen LogP contribution is 2.45. The van der Waals surface area contributed by atoms with Crippen molar-refractivity contribution in [3.63, 3.8) is 0 Å². The number of hydrogen-bond donors (Lipinski definition) is 3. The first-order chi connectivity index (χ1) is 13.5. The van der Waals surface area contributed by atoms with E-state index < -0.39 is 17.4 Å². The lowest BCUT2D eigenvalue weighted by atomic mass is 9.82. The molecule has 0 bridgehead atoms. The lowest BCUT2D eigenvalue weighted by Gasteiger charge is -2.28. The predicted octanol–water partition coefficient (Wildman–Crippen LogP) is 2.49. The van der Waals surface area contributed by atoms with E-state index >= 15 is 0 Å². The molecule has 7 heteroatoms. The number of nitrogens with two attached hydrogens (primary N) is 1. The number of phenols is 1. The lowest BCUT2D eigenvalue weighted by molar-refractivity contribution is -0.139. The van der Waals surface area contributed by atoms with E-state index in [1.165, 1.54) is 6.07 Å². The molecule has 1 aliphatic heterocycles. The Morgan fingerprint density at radius 3 is 2.68 bits per heavy atom. The fourth-order valence-corrected chi connectivity index (χ4v) is 3.52. The van der Waals surface area contributed by atoms with Gasteiger partial charge in [0, 0.05) is 10.9 Å². The fourth-order valence-electron chi connectivity index (χ4n) is 3.52. The number of aromatic nitrogens is 1. The number of aromatic hydroxyl groups is 1. The van der Waals surface area contributed by atoms with Gasteiger partial charge in [0.25, 0.3) is 5.56 Å². The van der Waals surface area contributed by atoms with Gasteiger partial charge in [0.1, 0.15) is 17.1 Å². The Morgan fingerprint density at radius 2 is 1.93 bits per heavy atom. The first-order valence-electron chi connectivity index (χ1n) is 8.80. The minimum Gasteiger partial charge on any atom is -0.508 e. The number of H-pyrrole nitrogens is 1. The minimum absolute atomic E-state index is 0.0170. The summed E-state index contributed by atoms with van der Waals surface area (Å²) in [6, 6.07) is 13.6. The number of esters is 1. The third-order valence-corrected chi connectivity index (χ3v) is 4.71. The topological polar surface area (TPSA) is 115 Å². The molecular formula is C21H18N2O5. The van der Waals surface area contributed by atoms with Gasteiger partial charge < -0.3 is 25.3 Å². The number of ether oxygens (including phenoxy) is 2. The second-order valence-corrected chi connectivity index (χ2v) is 6.33. The molecule has 2 heterocycles. The molecule has 0 saturated carbocycles. The van der Waals surface area contributed by atoms with E-state index in [-0.39, 0.29) is 35.1 Å². The minimum atomic E-state index is -0.933. The maximum absolute atomic E-state index is 13.0. The molecule has 0 fully saturated rings. The number of aromatic amines is 1. The number of carbonyl (C=O) groups is 1. The van der Waals surface area contributed by atoms with Gasteiger partial charge in [-0.2, -0.15) is 0 Å². The zero-order chi connectivity index (χ0) is 19.8. The third-order valence-electron chi connectivity index (χ3n) is 4.71. The fraction of sp³-hybridized carbons (Fsp3) is 0.143. The van der Waals surface area contributed by atoms with Crippen molar-refractivity contribution in [3.8, 4) is 11.5 Å². The Hall–Kier alpha value is -3.74. The van der Waals surface area contributed by atoms with Crippen LogP contribution in [0, 0.1) is 0 Å². The monoisotopic (exact) mass is 378 g/mol. The summed E-state index contributed by atoms with van der Waals surface area (Å²) in [7, 11) is 0. The van der Waals surface area contributed by atoms with Crippen LogP contribution in [0.2, 0.25) is 0 Å². The summed E-state index contributed by atoms with van der Waals surface area (Å²) >= 11 is 0. The molecule has 1 aromatic heterocycles. The summed E-state index contributed by atoms with van der Waals surface area (Å²) < 4.78 is 10.9. The molecule has 7 nitrogen and oxygen atoms in total. The Morgan fingerprint density at radius 1 is 1.21 bits per heavy atom. The maximum Gasteiger partial charge on any atom is 0.340 e. The van der Waals surface area contributed by atoms with Gasteiger partial charge in [-0.1, -0.05) is 30.3 Å². The van der Waals surface area contributed by atoms with Crippen LogP contribution in [0.4, 0.5) is 0 Å². The number of benzene rings is 2. The van der Waals surface area contributed by atoms with Gasteiger partial charge in [-0.3, -0.25) is 4.79 Å². The van der Waals surface area contributed by atoms with Crippen LogP contribution in [-0.2, 0) is 9.53 Å². The molecule has 0 radical (unpaired) electrons. The van der Waals surface area contributed by atoms with Gasteiger partial charge in [-0.25, -0.2) is 4.79 Å². The predicted molar refractivity (Wildman–Crippen MR) is 103 cm³/mol. The number of rotatable bonds is 3. The smallest absolute Gasteiger partial charge is 0.340 e. The summed E-state index contributed by atoms with van der Waals surface area (Å²) in [6.45, 7) is 1.80. The molecule has 0 amide bonds. The van der Waals surface area contributed by atoms with Crippen LogP contribution >= 0.6 is 0 Å². The molecule has 1 unspecified atom stereocenters. The summed E-state index contributed by atoms with van der Waals surface area (Å²) in [5.74, 6) is -1.60. The van der Waals surface area contributed by atoms with Crippen LogP contribution in [0.1, 0.15) is 24.0 Å². The van der Waals surface area contributed by atoms with Crippen molar-refractivity contribution in [1.82, 2.24) is 4.98 Å². The normalized spacial score (nSPS) is 15.8. The number of pyridine rings is 1. The summed E-state index contributed by atoms with van der Waals surface area (Å²) in [5, 5.41) is 11.1. The largest absolute Gasteiger partial charge is 0.508 e. The summed E-state index contributed by atoms with van der Waals surface area (Å²) in [4.78, 5) is 28.4. The van der Waals surface area contributed by atoms with Crippen LogP contribution < -0.4 is 16.0 Å². The van der Waals surface area contributed by atoms with Crippen LogP contribution in [0.3, 0.4) is 0 Å². The average Bonchev–Trinajstić information content (AvgIpc) is 2.67. The first kappa shape index (κ1) is 17.7. The van der Waals surface area contributed by atoms with Gasteiger partial charge in [0.2, 0.25) is 5.88 Å². The van der Waals surface area contributed by atoms with Crippen molar-refractivity contribution in [2.24, 2.45) is 5.73 Å². The van der Waals surface area contributed by atoms with Crippen molar-refractivity contribution < 1.29 is 19.4 Å². The van der Waals surface area contributed by atoms with Crippen molar-refractivity contribution in [2.75, 3.05) is 6.61 Å². The van der Waals surface area contributed by atoms with Crippen LogP contribution in [0.5, 0.6) is 11.5 Å². The quantitative estimate of drug-likeness (QED) is 0.603. The SMILES string of the molecule is CCOC(=O)C1=C(N)Oc2c(c(=O)[nH]c3ccccc23)C1c1ccccc1O. The molecule has 28 heavy (non-hydrogen) atoms. The van der Waals surface area contributed by atoms with Crippen molar-refractivity contribution >= 4 is 16.9 Å². The van der Waals surface area contributed by atoms with Gasteiger partial charge in [-0.05, 0) is 25.1 Å². The second kappa shape index (κ2) is 6.77. The van der Waals surface area contributed by atoms with Crippen LogP contribution in [0.15, 0.2) is 64.8 Å². The highest BCUT2D eigenvalue weighted by molar-refractivity contribution is 5.95. The third kappa shape index (κ3) is 2.68. The number of nitrogens with one attached hydrogen (secondary N) is 1. The molecule has 0 spiro atoms. The summed E-state index contributed by atoms with van der Waals surface area (Å²) in [5.41, 5.74) is 6.79. The van der Waals surface area contributed by atoms with Crippen molar-refractivity contribution in [2.45, 2.75) is 12.8 Å². The van der Waals surface area contributed by atoms with Crippen molar-refractivity contribution in [3.05, 3.63) is 81.5 Å². The lowest BCUT2D eigenvalue weighted by Crippen LogP contribution is -2.32. The molecule has 142 valence electrons. The molecule has 4 rings (SSSR count). The Labute approximate surface area is 160 Å². The van der Waals surface area contributed by atoms with E-state index in [1.807, 2.05) is 0 Å². The molecule has 1 aliphatic rings. The molecule has 0 aliphatic carbocycles. The maximum atomic E-state index is 13.0. The first-order valence-corrected chi connectivity index (χ1v) is 8.80. The molecule has 3 aromatic rings. The van der Waals surface area contributed by atoms with Crippen LogP contribution in [0.25, 0.3) is 10.9 Å². The standard InChI is InChI=1S/C21H18N2O5/c1-2-27-21(26)17-15(12-8-4-6-10-14(12)24)16-18(28-19(17)22)11-7-3-5-9-13(11)23-20(16)25/h3-10,15,24H,2,22H2,1H3,(H,23,25). The Bertz CT molecular complexity index is 1180. The van der Waals surface area contributed by atoms with E-state index in [0.29, 0.717) is 16.5 Å². The van der Waals surface area contributed by atoms with E-state index in [1.54, 1.807) is 49.4 Å². The Balaban J connectivity index is 2.07. The van der Waals surface area contributed by atoms with E-state index in [0.717, 1.165) is 0 Å².